The van der Waals surface area contributed by atoms with Gasteiger partial charge in [0.25, 0.3) is 0 Å². The lowest BCUT2D eigenvalue weighted by Gasteiger charge is -2.11. The van der Waals surface area contributed by atoms with E-state index in [4.69, 9.17) is 10.00 Å². The summed E-state index contributed by atoms with van der Waals surface area (Å²) in [6.45, 7) is 0.541. The maximum atomic E-state index is 12.9. The van der Waals surface area contributed by atoms with Crippen molar-refractivity contribution < 1.29 is 13.9 Å². The summed E-state index contributed by atoms with van der Waals surface area (Å²) in [6, 6.07) is 14.5. The third-order valence-corrected chi connectivity index (χ3v) is 3.80. The number of carbonyl (C=O) groups excluding carboxylic acids is 1. The Morgan fingerprint density at radius 1 is 1.17 bits per heavy atom. The lowest BCUT2D eigenvalue weighted by molar-refractivity contribution is -0.117. The highest BCUT2D eigenvalue weighted by atomic mass is 19.1. The SMILES string of the molecule is N#C[C@H]1CN[C@H](C(=O)Nc2ccc(Oc3ccc(F)cc3)cc2)C1. The zero-order valence-electron chi connectivity index (χ0n) is 12.8. The van der Waals surface area contributed by atoms with Crippen LogP contribution in [0.2, 0.25) is 0 Å². The van der Waals surface area contributed by atoms with Gasteiger partial charge in [0.2, 0.25) is 5.91 Å². The fourth-order valence-electron chi connectivity index (χ4n) is 2.51. The van der Waals surface area contributed by atoms with Crippen LogP contribution < -0.4 is 15.4 Å². The highest BCUT2D eigenvalue weighted by Crippen LogP contribution is 2.23. The Bertz CT molecular complexity index is 753. The van der Waals surface area contributed by atoms with E-state index in [0.29, 0.717) is 30.2 Å². The molecule has 0 spiro atoms. The van der Waals surface area contributed by atoms with E-state index in [1.165, 1.54) is 12.1 Å². The van der Waals surface area contributed by atoms with Crippen LogP contribution in [-0.4, -0.2) is 18.5 Å². The van der Waals surface area contributed by atoms with Gasteiger partial charge in [-0.05, 0) is 55.0 Å². The summed E-state index contributed by atoms with van der Waals surface area (Å²) in [7, 11) is 0. The Morgan fingerprint density at radius 3 is 2.38 bits per heavy atom. The summed E-state index contributed by atoms with van der Waals surface area (Å²) in [5.41, 5.74) is 0.647. The number of nitrogens with zero attached hydrogens (tertiary/aromatic N) is 1. The summed E-state index contributed by atoms with van der Waals surface area (Å²) in [5.74, 6) is 0.529. The predicted octanol–water partition coefficient (Wildman–Crippen LogP) is 3.06. The number of amides is 1. The Balaban J connectivity index is 1.57. The molecule has 2 N–H and O–H groups in total. The van der Waals surface area contributed by atoms with Gasteiger partial charge < -0.3 is 15.4 Å². The average Bonchev–Trinajstić information content (AvgIpc) is 3.08. The predicted molar refractivity (Wildman–Crippen MR) is 87.1 cm³/mol. The number of nitrogens with one attached hydrogen (secondary N) is 2. The van der Waals surface area contributed by atoms with Crippen molar-refractivity contribution in [1.82, 2.24) is 5.32 Å². The third-order valence-electron chi connectivity index (χ3n) is 3.80. The number of hydrogen-bond donors (Lipinski definition) is 2. The lowest BCUT2D eigenvalue weighted by atomic mass is 10.1. The molecule has 1 aliphatic rings. The molecule has 1 amide bonds. The molecule has 122 valence electrons. The van der Waals surface area contributed by atoms with Crippen LogP contribution in [0.25, 0.3) is 0 Å². The van der Waals surface area contributed by atoms with Crippen LogP contribution in [0.3, 0.4) is 0 Å². The summed E-state index contributed by atoms with van der Waals surface area (Å²) in [6.07, 6.45) is 0.522. The Hall–Kier alpha value is -2.91. The second-order valence-corrected chi connectivity index (χ2v) is 5.59. The van der Waals surface area contributed by atoms with Crippen molar-refractivity contribution in [3.05, 3.63) is 54.3 Å². The van der Waals surface area contributed by atoms with Crippen LogP contribution in [0.4, 0.5) is 10.1 Å². The van der Waals surface area contributed by atoms with E-state index in [9.17, 15) is 9.18 Å². The van der Waals surface area contributed by atoms with Crippen molar-refractivity contribution in [1.29, 1.82) is 5.26 Å². The molecular weight excluding hydrogens is 309 g/mol. The molecule has 1 saturated heterocycles. The van der Waals surface area contributed by atoms with Crippen LogP contribution in [-0.2, 0) is 4.79 Å². The molecule has 6 heteroatoms. The van der Waals surface area contributed by atoms with E-state index in [1.54, 1.807) is 36.4 Å². The number of anilines is 1. The summed E-state index contributed by atoms with van der Waals surface area (Å²) >= 11 is 0. The molecule has 1 heterocycles. The smallest absolute Gasteiger partial charge is 0.241 e. The Labute approximate surface area is 139 Å². The molecule has 2 atom stereocenters. The topological polar surface area (TPSA) is 74.2 Å². The van der Waals surface area contributed by atoms with E-state index in [2.05, 4.69) is 16.7 Å². The Morgan fingerprint density at radius 2 is 1.79 bits per heavy atom. The minimum atomic E-state index is -0.343. The van der Waals surface area contributed by atoms with E-state index >= 15 is 0 Å². The molecule has 0 saturated carbocycles. The molecule has 0 aromatic heterocycles. The molecule has 0 radical (unpaired) electrons. The second-order valence-electron chi connectivity index (χ2n) is 5.59. The van der Waals surface area contributed by atoms with Crippen molar-refractivity contribution in [2.45, 2.75) is 12.5 Å². The molecule has 0 aliphatic carbocycles. The van der Waals surface area contributed by atoms with Crippen molar-refractivity contribution in [2.75, 3.05) is 11.9 Å². The highest BCUT2D eigenvalue weighted by Gasteiger charge is 2.29. The molecule has 24 heavy (non-hydrogen) atoms. The molecule has 1 fully saturated rings. The van der Waals surface area contributed by atoms with E-state index in [-0.39, 0.29) is 23.7 Å². The zero-order chi connectivity index (χ0) is 16.9. The van der Waals surface area contributed by atoms with E-state index < -0.39 is 0 Å². The lowest BCUT2D eigenvalue weighted by Crippen LogP contribution is -2.35. The number of carbonyl (C=O) groups is 1. The largest absolute Gasteiger partial charge is 0.457 e. The molecule has 0 bridgehead atoms. The number of rotatable bonds is 4. The monoisotopic (exact) mass is 325 g/mol. The fraction of sp³-hybridized carbons (Fsp3) is 0.222. The van der Waals surface area contributed by atoms with Gasteiger partial charge in [0.15, 0.2) is 0 Å². The van der Waals surface area contributed by atoms with Crippen LogP contribution in [0.15, 0.2) is 48.5 Å². The molecule has 5 nitrogen and oxygen atoms in total. The number of halogens is 1. The van der Waals surface area contributed by atoms with Gasteiger partial charge in [-0.1, -0.05) is 0 Å². The standard InChI is InChI=1S/C18H16FN3O2/c19-13-1-5-15(6-2-13)24-16-7-3-14(4-8-16)22-18(23)17-9-12(10-20)11-21-17/h1-8,12,17,21H,9,11H2,(H,22,23)/t12-,17-/m0/s1. The van der Waals surface area contributed by atoms with E-state index in [1.807, 2.05) is 0 Å². The third kappa shape index (κ3) is 3.89. The van der Waals surface area contributed by atoms with Gasteiger partial charge in [-0.2, -0.15) is 5.26 Å². The minimum Gasteiger partial charge on any atom is -0.457 e. The average molecular weight is 325 g/mol. The molecule has 1 aliphatic heterocycles. The Kier molecular flexibility index (Phi) is 4.73. The van der Waals surface area contributed by atoms with Crippen molar-refractivity contribution in [2.24, 2.45) is 5.92 Å². The first-order valence-electron chi connectivity index (χ1n) is 7.61. The first-order valence-corrected chi connectivity index (χ1v) is 7.61. The van der Waals surface area contributed by atoms with Crippen LogP contribution >= 0.6 is 0 Å². The molecule has 0 unspecified atom stereocenters. The molecular formula is C18H16FN3O2. The van der Waals surface area contributed by atoms with Crippen LogP contribution in [0.5, 0.6) is 11.5 Å². The van der Waals surface area contributed by atoms with Crippen molar-refractivity contribution in [3.8, 4) is 17.6 Å². The zero-order valence-corrected chi connectivity index (χ0v) is 12.8. The first kappa shape index (κ1) is 16.0. The van der Waals surface area contributed by atoms with Crippen LogP contribution in [0.1, 0.15) is 6.42 Å². The normalized spacial score (nSPS) is 19.5. The molecule has 2 aromatic rings. The maximum Gasteiger partial charge on any atom is 0.241 e. The quantitative estimate of drug-likeness (QED) is 0.906. The van der Waals surface area contributed by atoms with Crippen LogP contribution in [0, 0.1) is 23.1 Å². The summed E-state index contributed by atoms with van der Waals surface area (Å²) in [4.78, 5) is 12.1. The van der Waals surface area contributed by atoms with Gasteiger partial charge in [-0.25, -0.2) is 4.39 Å². The summed E-state index contributed by atoms with van der Waals surface area (Å²) in [5, 5.41) is 14.7. The van der Waals surface area contributed by atoms with Gasteiger partial charge in [0, 0.05) is 12.2 Å². The number of benzene rings is 2. The van der Waals surface area contributed by atoms with Gasteiger partial charge in [0.1, 0.15) is 17.3 Å². The van der Waals surface area contributed by atoms with Crippen molar-refractivity contribution >= 4 is 11.6 Å². The molecule has 3 rings (SSSR count). The molecule has 2 aromatic carbocycles. The maximum absolute atomic E-state index is 12.9. The number of ether oxygens (including phenoxy) is 1. The van der Waals surface area contributed by atoms with Gasteiger partial charge in [0.05, 0.1) is 18.0 Å². The van der Waals surface area contributed by atoms with Gasteiger partial charge in [-0.15, -0.1) is 0 Å². The van der Waals surface area contributed by atoms with E-state index in [0.717, 1.165) is 0 Å². The highest BCUT2D eigenvalue weighted by molar-refractivity contribution is 5.95. The second kappa shape index (κ2) is 7.11. The number of nitriles is 1. The fourth-order valence-corrected chi connectivity index (χ4v) is 2.51. The van der Waals surface area contributed by atoms with Gasteiger partial charge in [-0.3, -0.25) is 4.79 Å². The van der Waals surface area contributed by atoms with Gasteiger partial charge >= 0.3 is 0 Å². The summed E-state index contributed by atoms with van der Waals surface area (Å²) < 4.78 is 18.5. The number of hydrogen-bond acceptors (Lipinski definition) is 4. The first-order chi connectivity index (χ1) is 11.6. The minimum absolute atomic E-state index is 0.118. The van der Waals surface area contributed by atoms with Crippen molar-refractivity contribution in [3.63, 3.8) is 0 Å².